The molecule has 1 aromatic heterocycles. The number of hydrogen-bond donors (Lipinski definition) is 2. The number of H-pyrrole nitrogens is 1. The first-order chi connectivity index (χ1) is 10.0. The van der Waals surface area contributed by atoms with Gasteiger partial charge in [0.15, 0.2) is 0 Å². The number of aromatic amines is 1. The number of aryl methyl sites for hydroxylation is 1. The maximum absolute atomic E-state index is 11.5. The zero-order valence-electron chi connectivity index (χ0n) is 11.8. The average Bonchev–Trinajstić information content (AvgIpc) is 2.94. The van der Waals surface area contributed by atoms with Crippen LogP contribution in [0, 0.1) is 11.3 Å². The number of nitriles is 1. The second-order valence-electron chi connectivity index (χ2n) is 4.64. The van der Waals surface area contributed by atoms with Crippen molar-refractivity contribution in [2.24, 2.45) is 0 Å². The van der Waals surface area contributed by atoms with E-state index in [-0.39, 0.29) is 5.75 Å². The highest BCUT2D eigenvalue weighted by Gasteiger charge is 2.07. The second-order valence-corrected chi connectivity index (χ2v) is 6.65. The van der Waals surface area contributed by atoms with E-state index in [1.807, 2.05) is 24.3 Å². The van der Waals surface area contributed by atoms with Gasteiger partial charge in [-0.2, -0.15) is 5.26 Å². The molecule has 0 aliphatic carbocycles. The zero-order chi connectivity index (χ0) is 15.3. The largest absolute Gasteiger partial charge is 0.358 e. The summed E-state index contributed by atoms with van der Waals surface area (Å²) in [6.45, 7) is 1.60. The highest BCUT2D eigenvalue weighted by atomic mass is 32.2. The number of benzene rings is 1. The molecule has 6 heteroatoms. The number of nitrogens with zero attached hydrogens (tertiary/aromatic N) is 1. The SMILES string of the molecule is CCS(=O)(=O)Nc1ccc(-c2ccc(CCC#N)[nH]2)cc1. The zero-order valence-corrected chi connectivity index (χ0v) is 12.6. The molecule has 1 aromatic carbocycles. The summed E-state index contributed by atoms with van der Waals surface area (Å²) in [5.74, 6) is 0.0492. The maximum atomic E-state index is 11.5. The molecule has 5 nitrogen and oxygen atoms in total. The predicted octanol–water partition coefficient (Wildman–Crippen LogP) is 2.90. The highest BCUT2D eigenvalue weighted by Crippen LogP contribution is 2.21. The van der Waals surface area contributed by atoms with Gasteiger partial charge in [-0.05, 0) is 36.8 Å². The number of anilines is 1. The lowest BCUT2D eigenvalue weighted by atomic mass is 10.1. The Labute approximate surface area is 124 Å². The van der Waals surface area contributed by atoms with Crippen LogP contribution in [-0.2, 0) is 16.4 Å². The molecular formula is C15H17N3O2S. The van der Waals surface area contributed by atoms with E-state index >= 15 is 0 Å². The smallest absolute Gasteiger partial charge is 0.232 e. The number of aromatic nitrogens is 1. The molecule has 0 radical (unpaired) electrons. The summed E-state index contributed by atoms with van der Waals surface area (Å²) >= 11 is 0. The number of nitrogens with one attached hydrogen (secondary N) is 2. The molecule has 0 saturated carbocycles. The Morgan fingerprint density at radius 3 is 2.52 bits per heavy atom. The van der Waals surface area contributed by atoms with Crippen molar-refractivity contribution in [1.82, 2.24) is 4.98 Å². The highest BCUT2D eigenvalue weighted by molar-refractivity contribution is 7.92. The van der Waals surface area contributed by atoms with Crippen LogP contribution >= 0.6 is 0 Å². The van der Waals surface area contributed by atoms with Crippen LogP contribution in [-0.4, -0.2) is 19.2 Å². The van der Waals surface area contributed by atoms with Crippen molar-refractivity contribution >= 4 is 15.7 Å². The number of hydrogen-bond acceptors (Lipinski definition) is 3. The van der Waals surface area contributed by atoms with Crippen LogP contribution in [0.3, 0.4) is 0 Å². The Morgan fingerprint density at radius 1 is 1.19 bits per heavy atom. The maximum Gasteiger partial charge on any atom is 0.232 e. The molecule has 0 unspecified atom stereocenters. The molecule has 0 spiro atoms. The molecule has 0 fully saturated rings. The first-order valence-corrected chi connectivity index (χ1v) is 8.35. The molecule has 2 aromatic rings. The van der Waals surface area contributed by atoms with Gasteiger partial charge >= 0.3 is 0 Å². The predicted molar refractivity (Wildman–Crippen MR) is 83.2 cm³/mol. The Kier molecular flexibility index (Phi) is 4.66. The summed E-state index contributed by atoms with van der Waals surface area (Å²) in [6, 6.07) is 13.2. The Bertz CT molecular complexity index is 740. The molecule has 0 bridgehead atoms. The van der Waals surface area contributed by atoms with Gasteiger partial charge in [0.25, 0.3) is 0 Å². The van der Waals surface area contributed by atoms with Gasteiger partial charge in [-0.25, -0.2) is 8.42 Å². The van der Waals surface area contributed by atoms with Crippen molar-refractivity contribution in [2.45, 2.75) is 19.8 Å². The van der Waals surface area contributed by atoms with Gasteiger partial charge in [0, 0.05) is 29.9 Å². The van der Waals surface area contributed by atoms with Crippen LogP contribution in [0.25, 0.3) is 11.3 Å². The lowest BCUT2D eigenvalue weighted by Crippen LogP contribution is -2.14. The number of sulfonamides is 1. The second kappa shape index (κ2) is 6.46. The van der Waals surface area contributed by atoms with Crippen LogP contribution in [0.5, 0.6) is 0 Å². The summed E-state index contributed by atoms with van der Waals surface area (Å²) in [6.07, 6.45) is 1.18. The van der Waals surface area contributed by atoms with Crippen LogP contribution in [0.1, 0.15) is 19.0 Å². The van der Waals surface area contributed by atoms with Crippen molar-refractivity contribution in [2.75, 3.05) is 10.5 Å². The van der Waals surface area contributed by atoms with Gasteiger partial charge in [-0.3, -0.25) is 4.72 Å². The molecule has 2 N–H and O–H groups in total. The minimum absolute atomic E-state index is 0.0492. The van der Waals surface area contributed by atoms with Gasteiger partial charge in [0.2, 0.25) is 10.0 Å². The Hall–Kier alpha value is -2.26. The third kappa shape index (κ3) is 4.10. The molecule has 110 valence electrons. The third-order valence-electron chi connectivity index (χ3n) is 3.10. The topological polar surface area (TPSA) is 85.8 Å². The fraction of sp³-hybridized carbons (Fsp3) is 0.267. The van der Waals surface area contributed by atoms with Crippen molar-refractivity contribution in [3.05, 3.63) is 42.1 Å². The molecule has 0 aliphatic rings. The molecular weight excluding hydrogens is 286 g/mol. The van der Waals surface area contributed by atoms with Crippen LogP contribution in [0.4, 0.5) is 5.69 Å². The molecule has 0 aliphatic heterocycles. The van der Waals surface area contributed by atoms with E-state index in [2.05, 4.69) is 15.8 Å². The van der Waals surface area contributed by atoms with E-state index in [1.54, 1.807) is 19.1 Å². The molecule has 21 heavy (non-hydrogen) atoms. The molecule has 0 amide bonds. The van der Waals surface area contributed by atoms with Crippen LogP contribution < -0.4 is 4.72 Å². The summed E-state index contributed by atoms with van der Waals surface area (Å²) in [5, 5.41) is 8.58. The van der Waals surface area contributed by atoms with E-state index in [1.165, 1.54) is 0 Å². The third-order valence-corrected chi connectivity index (χ3v) is 4.41. The standard InChI is InChI=1S/C15H17N3O2S/c1-2-21(19,20)18-14-7-5-12(6-8-14)15-10-9-13(17-15)4-3-11-16/h5-10,17-18H,2-4H2,1H3. The van der Waals surface area contributed by atoms with Gasteiger partial charge in [0.05, 0.1) is 11.8 Å². The minimum atomic E-state index is -3.24. The van der Waals surface area contributed by atoms with Crippen LogP contribution in [0.15, 0.2) is 36.4 Å². The number of rotatable bonds is 6. The first kappa shape index (κ1) is 15.1. The van der Waals surface area contributed by atoms with Crippen LogP contribution in [0.2, 0.25) is 0 Å². The first-order valence-electron chi connectivity index (χ1n) is 6.70. The van der Waals surface area contributed by atoms with Crippen molar-refractivity contribution in [3.8, 4) is 17.3 Å². The summed E-state index contributed by atoms with van der Waals surface area (Å²) < 4.78 is 25.5. The summed E-state index contributed by atoms with van der Waals surface area (Å²) in [5.41, 5.74) is 3.49. The van der Waals surface area contributed by atoms with E-state index in [9.17, 15) is 8.42 Å². The normalized spacial score (nSPS) is 11.0. The van der Waals surface area contributed by atoms with Crippen molar-refractivity contribution < 1.29 is 8.42 Å². The molecule has 0 saturated heterocycles. The van der Waals surface area contributed by atoms with Crippen molar-refractivity contribution in [3.63, 3.8) is 0 Å². The molecule has 2 rings (SSSR count). The van der Waals surface area contributed by atoms with Gasteiger partial charge in [-0.15, -0.1) is 0 Å². The summed E-state index contributed by atoms with van der Waals surface area (Å²) in [7, 11) is -3.24. The van der Waals surface area contributed by atoms with E-state index in [0.717, 1.165) is 17.0 Å². The summed E-state index contributed by atoms with van der Waals surface area (Å²) in [4.78, 5) is 3.25. The Morgan fingerprint density at radius 2 is 1.90 bits per heavy atom. The lowest BCUT2D eigenvalue weighted by molar-refractivity contribution is 0.602. The monoisotopic (exact) mass is 303 g/mol. The molecule has 0 atom stereocenters. The van der Waals surface area contributed by atoms with E-state index in [4.69, 9.17) is 5.26 Å². The van der Waals surface area contributed by atoms with Gasteiger partial charge in [0.1, 0.15) is 0 Å². The average molecular weight is 303 g/mol. The fourth-order valence-electron chi connectivity index (χ4n) is 1.91. The van der Waals surface area contributed by atoms with Gasteiger partial charge in [-0.1, -0.05) is 12.1 Å². The lowest BCUT2D eigenvalue weighted by Gasteiger charge is -2.06. The van der Waals surface area contributed by atoms with E-state index < -0.39 is 10.0 Å². The quantitative estimate of drug-likeness (QED) is 0.860. The van der Waals surface area contributed by atoms with E-state index in [0.29, 0.717) is 18.5 Å². The van der Waals surface area contributed by atoms with Crippen molar-refractivity contribution in [1.29, 1.82) is 5.26 Å². The fourth-order valence-corrected chi connectivity index (χ4v) is 2.55. The molecule has 1 heterocycles. The van der Waals surface area contributed by atoms with Gasteiger partial charge < -0.3 is 4.98 Å². The minimum Gasteiger partial charge on any atom is -0.358 e. The Balaban J connectivity index is 2.12.